The molecule has 2 aromatic rings. The lowest BCUT2D eigenvalue weighted by Gasteiger charge is -2.44. The first-order valence-corrected chi connectivity index (χ1v) is 12.8. The first kappa shape index (κ1) is 25.4. The van der Waals surface area contributed by atoms with Crippen LogP contribution in [0.4, 0.5) is 4.39 Å². The maximum absolute atomic E-state index is 13.7. The van der Waals surface area contributed by atoms with E-state index in [2.05, 4.69) is 5.32 Å². The maximum atomic E-state index is 13.7. The average Bonchev–Trinajstić information content (AvgIpc) is 3.56. The first-order valence-electron chi connectivity index (χ1n) is 12.8. The van der Waals surface area contributed by atoms with Crippen molar-refractivity contribution < 1.29 is 28.2 Å². The van der Waals surface area contributed by atoms with Gasteiger partial charge in [-0.1, -0.05) is 17.7 Å². The number of rotatable bonds is 5. The quantitative estimate of drug-likeness (QED) is 0.670. The predicted molar refractivity (Wildman–Crippen MR) is 133 cm³/mol. The van der Waals surface area contributed by atoms with Crippen LogP contribution in [0.1, 0.15) is 52.0 Å². The fourth-order valence-electron chi connectivity index (χ4n) is 5.46. The molecule has 196 valence electrons. The molecule has 0 unspecified atom stereocenters. The van der Waals surface area contributed by atoms with Gasteiger partial charge in [-0.2, -0.15) is 0 Å². The number of ether oxygens (including phenoxy) is 2. The molecule has 1 spiro atoms. The molecule has 8 nitrogen and oxygen atoms in total. The molecule has 5 rings (SSSR count). The Bertz CT molecular complexity index is 1160. The summed E-state index contributed by atoms with van der Waals surface area (Å²) in [5.41, 5.74) is 0.877. The summed E-state index contributed by atoms with van der Waals surface area (Å²) in [5, 5.41) is 2.93. The molecule has 0 bridgehead atoms. The SMILES string of the molecule is Cc1cccc(C(=O)N2CCC3(CC2)OC[C@H](C(=O)NC[C@H]2CCCO2)N3C(=O)c2ccc(F)cc2)c1. The van der Waals surface area contributed by atoms with E-state index in [1.807, 2.05) is 25.1 Å². The molecule has 3 saturated heterocycles. The number of carbonyl (C=O) groups excluding carboxylic acids is 3. The summed E-state index contributed by atoms with van der Waals surface area (Å²) < 4.78 is 25.4. The Hall–Kier alpha value is -3.30. The number of halogens is 1. The number of piperidine rings is 1. The normalized spacial score (nSPS) is 22.9. The fraction of sp³-hybridized carbons (Fsp3) is 0.464. The van der Waals surface area contributed by atoms with Crippen LogP contribution < -0.4 is 5.32 Å². The minimum atomic E-state index is -1.03. The number of carbonyl (C=O) groups is 3. The summed E-state index contributed by atoms with van der Waals surface area (Å²) in [6.45, 7) is 3.81. The highest BCUT2D eigenvalue weighted by molar-refractivity contribution is 5.98. The average molecular weight is 510 g/mol. The van der Waals surface area contributed by atoms with Gasteiger partial charge in [0.2, 0.25) is 5.91 Å². The van der Waals surface area contributed by atoms with E-state index >= 15 is 0 Å². The van der Waals surface area contributed by atoms with Crippen LogP contribution in [0.15, 0.2) is 48.5 Å². The second-order valence-electron chi connectivity index (χ2n) is 10.00. The lowest BCUT2D eigenvalue weighted by Crippen LogP contribution is -2.60. The van der Waals surface area contributed by atoms with Crippen LogP contribution in [0.5, 0.6) is 0 Å². The summed E-state index contributed by atoms with van der Waals surface area (Å²) in [6, 6.07) is 11.9. The van der Waals surface area contributed by atoms with Crippen LogP contribution in [0.25, 0.3) is 0 Å². The minimum Gasteiger partial charge on any atom is -0.376 e. The van der Waals surface area contributed by atoms with E-state index < -0.39 is 23.5 Å². The molecular formula is C28H32FN3O5. The Balaban J connectivity index is 1.34. The molecule has 9 heteroatoms. The fourth-order valence-corrected chi connectivity index (χ4v) is 5.46. The third kappa shape index (κ3) is 5.24. The summed E-state index contributed by atoms with van der Waals surface area (Å²) in [7, 11) is 0. The zero-order valence-corrected chi connectivity index (χ0v) is 21.0. The molecule has 0 aliphatic carbocycles. The second kappa shape index (κ2) is 10.6. The van der Waals surface area contributed by atoms with E-state index in [0.29, 0.717) is 44.6 Å². The number of hydrogen-bond donors (Lipinski definition) is 1. The number of likely N-dealkylation sites (tertiary alicyclic amines) is 1. The lowest BCUT2D eigenvalue weighted by atomic mass is 9.96. The van der Waals surface area contributed by atoms with E-state index in [-0.39, 0.29) is 30.1 Å². The van der Waals surface area contributed by atoms with Crippen molar-refractivity contribution in [1.29, 1.82) is 0 Å². The number of aryl methyl sites for hydroxylation is 1. The molecule has 37 heavy (non-hydrogen) atoms. The molecule has 1 N–H and O–H groups in total. The number of nitrogens with one attached hydrogen (secondary N) is 1. The van der Waals surface area contributed by atoms with Crippen molar-refractivity contribution in [2.24, 2.45) is 0 Å². The third-order valence-corrected chi connectivity index (χ3v) is 7.50. The lowest BCUT2D eigenvalue weighted by molar-refractivity contribution is -0.128. The molecule has 0 radical (unpaired) electrons. The van der Waals surface area contributed by atoms with Crippen molar-refractivity contribution in [2.45, 2.75) is 50.5 Å². The third-order valence-electron chi connectivity index (χ3n) is 7.50. The zero-order valence-electron chi connectivity index (χ0n) is 21.0. The van der Waals surface area contributed by atoms with Crippen LogP contribution in [-0.2, 0) is 14.3 Å². The second-order valence-corrected chi connectivity index (χ2v) is 10.00. The van der Waals surface area contributed by atoms with Gasteiger partial charge in [-0.15, -0.1) is 0 Å². The number of nitrogens with zero attached hydrogens (tertiary/aromatic N) is 2. The molecule has 3 aliphatic heterocycles. The summed E-state index contributed by atoms with van der Waals surface area (Å²) in [4.78, 5) is 43.3. The molecule has 2 aromatic carbocycles. The van der Waals surface area contributed by atoms with Crippen molar-refractivity contribution >= 4 is 17.7 Å². The Morgan fingerprint density at radius 3 is 2.49 bits per heavy atom. The van der Waals surface area contributed by atoms with E-state index in [1.165, 1.54) is 29.2 Å². The van der Waals surface area contributed by atoms with Gasteiger partial charge in [0.25, 0.3) is 11.8 Å². The highest BCUT2D eigenvalue weighted by Crippen LogP contribution is 2.39. The van der Waals surface area contributed by atoms with Gasteiger partial charge in [-0.25, -0.2) is 4.39 Å². The van der Waals surface area contributed by atoms with Crippen molar-refractivity contribution in [3.05, 3.63) is 71.0 Å². The van der Waals surface area contributed by atoms with E-state index in [9.17, 15) is 18.8 Å². The molecule has 3 amide bonds. The van der Waals surface area contributed by atoms with Gasteiger partial charge in [-0.3, -0.25) is 19.3 Å². The van der Waals surface area contributed by atoms with E-state index in [0.717, 1.165) is 18.4 Å². The number of hydrogen-bond acceptors (Lipinski definition) is 5. The number of benzene rings is 2. The molecule has 2 atom stereocenters. The Morgan fingerprint density at radius 2 is 1.81 bits per heavy atom. The van der Waals surface area contributed by atoms with Crippen LogP contribution >= 0.6 is 0 Å². The standard InChI is InChI=1S/C28H32FN3O5/c1-19-4-2-5-21(16-19)26(34)31-13-11-28(12-14-31)32(27(35)20-7-9-22(29)10-8-20)24(18-37-28)25(33)30-17-23-6-3-15-36-23/h2,4-5,7-10,16,23-24H,3,6,11-15,17-18H2,1H3,(H,30,33)/t23-,24-/m1/s1. The van der Waals surface area contributed by atoms with Crippen LogP contribution in [0.3, 0.4) is 0 Å². The Morgan fingerprint density at radius 1 is 1.05 bits per heavy atom. The molecular weight excluding hydrogens is 477 g/mol. The molecule has 3 heterocycles. The van der Waals surface area contributed by atoms with Crippen LogP contribution in [0, 0.1) is 12.7 Å². The van der Waals surface area contributed by atoms with Crippen LogP contribution in [0.2, 0.25) is 0 Å². The van der Waals surface area contributed by atoms with Gasteiger partial charge in [-0.05, 0) is 56.2 Å². The first-order chi connectivity index (χ1) is 17.9. The van der Waals surface area contributed by atoms with Crippen LogP contribution in [-0.4, -0.2) is 78.2 Å². The Labute approximate surface area is 215 Å². The van der Waals surface area contributed by atoms with Gasteiger partial charge >= 0.3 is 0 Å². The predicted octanol–water partition coefficient (Wildman–Crippen LogP) is 2.90. The number of amides is 3. The van der Waals surface area contributed by atoms with Gasteiger partial charge in [0.15, 0.2) is 0 Å². The highest BCUT2D eigenvalue weighted by Gasteiger charge is 2.54. The molecule has 0 aromatic heterocycles. The summed E-state index contributed by atoms with van der Waals surface area (Å²) in [5.74, 6) is -1.22. The van der Waals surface area contributed by atoms with Crippen molar-refractivity contribution in [2.75, 3.05) is 32.8 Å². The van der Waals surface area contributed by atoms with Crippen molar-refractivity contribution in [3.8, 4) is 0 Å². The summed E-state index contributed by atoms with van der Waals surface area (Å²) >= 11 is 0. The largest absolute Gasteiger partial charge is 0.376 e. The monoisotopic (exact) mass is 509 g/mol. The zero-order chi connectivity index (χ0) is 26.0. The minimum absolute atomic E-state index is 0.0302. The highest BCUT2D eigenvalue weighted by atomic mass is 19.1. The topological polar surface area (TPSA) is 88.2 Å². The summed E-state index contributed by atoms with van der Waals surface area (Å²) in [6.07, 6.45) is 2.55. The smallest absolute Gasteiger partial charge is 0.256 e. The maximum Gasteiger partial charge on any atom is 0.256 e. The van der Waals surface area contributed by atoms with Gasteiger partial charge < -0.3 is 19.7 Å². The molecule has 0 saturated carbocycles. The van der Waals surface area contributed by atoms with E-state index in [1.54, 1.807) is 11.0 Å². The molecule has 3 aliphatic rings. The Kier molecular flexibility index (Phi) is 7.26. The van der Waals surface area contributed by atoms with Crippen molar-refractivity contribution in [3.63, 3.8) is 0 Å². The van der Waals surface area contributed by atoms with Gasteiger partial charge in [0.05, 0.1) is 12.7 Å². The van der Waals surface area contributed by atoms with E-state index in [4.69, 9.17) is 9.47 Å². The van der Waals surface area contributed by atoms with Crippen molar-refractivity contribution in [1.82, 2.24) is 15.1 Å². The van der Waals surface area contributed by atoms with Gasteiger partial charge in [0, 0.05) is 50.2 Å². The molecule has 3 fully saturated rings. The van der Waals surface area contributed by atoms with Gasteiger partial charge in [0.1, 0.15) is 17.6 Å².